The zero-order chi connectivity index (χ0) is 14.6. The highest BCUT2D eigenvalue weighted by atomic mass is 32.2. The number of carbonyl (C=O) groups is 1. The molecule has 0 saturated carbocycles. The smallest absolute Gasteiger partial charge is 0.251 e. The number of benzene rings is 1. The van der Waals surface area contributed by atoms with Gasteiger partial charge in [0.2, 0.25) is 0 Å². The summed E-state index contributed by atoms with van der Waals surface area (Å²) in [6, 6.07) is 3.52. The molecule has 19 heavy (non-hydrogen) atoms. The molecular weight excluding hydrogens is 260 g/mol. The van der Waals surface area contributed by atoms with E-state index in [1.165, 1.54) is 11.8 Å². The van der Waals surface area contributed by atoms with Crippen LogP contribution in [0.15, 0.2) is 12.1 Å². The molecule has 0 saturated heterocycles. The van der Waals surface area contributed by atoms with E-state index in [0.717, 1.165) is 11.1 Å². The predicted molar refractivity (Wildman–Crippen MR) is 81.6 cm³/mol. The fourth-order valence-corrected chi connectivity index (χ4v) is 2.55. The zero-order valence-electron chi connectivity index (χ0n) is 11.9. The molecule has 1 rings (SSSR count). The van der Waals surface area contributed by atoms with E-state index in [2.05, 4.69) is 5.32 Å². The molecule has 0 fully saturated rings. The Bertz CT molecular complexity index is 459. The van der Waals surface area contributed by atoms with Crippen LogP contribution in [0.3, 0.4) is 0 Å². The third-order valence-electron chi connectivity index (χ3n) is 3.26. The van der Waals surface area contributed by atoms with Gasteiger partial charge in [0.1, 0.15) is 0 Å². The van der Waals surface area contributed by atoms with Crippen molar-refractivity contribution in [3.63, 3.8) is 0 Å². The monoisotopic (exact) mass is 282 g/mol. The van der Waals surface area contributed by atoms with Gasteiger partial charge in [0.05, 0.1) is 6.61 Å². The lowest BCUT2D eigenvalue weighted by atomic mass is 10.0. The number of hydrogen-bond acceptors (Lipinski definition) is 4. The van der Waals surface area contributed by atoms with Crippen molar-refractivity contribution in [3.8, 4) is 0 Å². The maximum atomic E-state index is 12.2. The Morgan fingerprint density at radius 2 is 2.05 bits per heavy atom. The number of aryl methyl sites for hydroxylation is 2. The van der Waals surface area contributed by atoms with Crippen LogP contribution in [0.4, 0.5) is 5.69 Å². The number of nitrogens with one attached hydrogen (secondary N) is 1. The molecule has 0 aliphatic rings. The summed E-state index contributed by atoms with van der Waals surface area (Å²) in [5.74, 6) is -0.149. The molecule has 0 aliphatic heterocycles. The van der Waals surface area contributed by atoms with Gasteiger partial charge in [-0.2, -0.15) is 11.8 Å². The van der Waals surface area contributed by atoms with Crippen LogP contribution in [0, 0.1) is 13.8 Å². The molecule has 0 bridgehead atoms. The number of aliphatic hydroxyl groups excluding tert-OH is 1. The Morgan fingerprint density at radius 1 is 1.42 bits per heavy atom. The highest BCUT2D eigenvalue weighted by Crippen LogP contribution is 2.18. The number of nitrogen functional groups attached to an aromatic ring is 1. The van der Waals surface area contributed by atoms with Gasteiger partial charge in [-0.15, -0.1) is 0 Å². The van der Waals surface area contributed by atoms with Crippen molar-refractivity contribution in [2.24, 2.45) is 0 Å². The normalized spacial score (nSPS) is 13.9. The first-order valence-corrected chi connectivity index (χ1v) is 7.50. The second-order valence-electron chi connectivity index (χ2n) is 4.74. The number of nitrogens with two attached hydrogens (primary N) is 1. The van der Waals surface area contributed by atoms with Gasteiger partial charge in [0, 0.05) is 22.5 Å². The molecule has 0 radical (unpaired) electrons. The van der Waals surface area contributed by atoms with Gasteiger partial charge >= 0.3 is 0 Å². The minimum Gasteiger partial charge on any atom is -0.398 e. The fourth-order valence-electron chi connectivity index (χ4n) is 1.93. The summed E-state index contributed by atoms with van der Waals surface area (Å²) in [6.07, 6.45) is 1.92. The van der Waals surface area contributed by atoms with E-state index in [1.54, 1.807) is 6.07 Å². The van der Waals surface area contributed by atoms with Crippen LogP contribution in [0.5, 0.6) is 0 Å². The van der Waals surface area contributed by atoms with Crippen molar-refractivity contribution < 1.29 is 9.90 Å². The van der Waals surface area contributed by atoms with Crippen LogP contribution in [0.25, 0.3) is 0 Å². The summed E-state index contributed by atoms with van der Waals surface area (Å²) in [6.45, 7) is 5.74. The van der Waals surface area contributed by atoms with Crippen molar-refractivity contribution in [2.45, 2.75) is 32.1 Å². The van der Waals surface area contributed by atoms with Gasteiger partial charge in [-0.3, -0.25) is 4.79 Å². The Balaban J connectivity index is 2.87. The summed E-state index contributed by atoms with van der Waals surface area (Å²) in [4.78, 5) is 12.2. The zero-order valence-corrected chi connectivity index (χ0v) is 12.7. The summed E-state index contributed by atoms with van der Waals surface area (Å²) < 4.78 is 0. The van der Waals surface area contributed by atoms with Gasteiger partial charge in [-0.25, -0.2) is 0 Å². The molecule has 4 N–H and O–H groups in total. The first-order chi connectivity index (χ1) is 8.90. The summed E-state index contributed by atoms with van der Waals surface area (Å²) >= 11 is 1.54. The van der Waals surface area contributed by atoms with Gasteiger partial charge in [0.25, 0.3) is 5.91 Å². The number of thioether (sulfide) groups is 1. The molecule has 2 unspecified atom stereocenters. The number of rotatable bonds is 5. The van der Waals surface area contributed by atoms with Crippen molar-refractivity contribution in [3.05, 3.63) is 28.8 Å². The molecule has 0 aliphatic carbocycles. The average molecular weight is 282 g/mol. The Labute approximate surface area is 118 Å². The largest absolute Gasteiger partial charge is 0.398 e. The fraction of sp³-hybridized carbons (Fsp3) is 0.500. The van der Waals surface area contributed by atoms with Gasteiger partial charge in [-0.1, -0.05) is 6.07 Å². The summed E-state index contributed by atoms with van der Waals surface area (Å²) in [5.41, 5.74) is 8.93. The quantitative estimate of drug-likeness (QED) is 0.719. The van der Waals surface area contributed by atoms with Crippen LogP contribution in [0.1, 0.15) is 28.4 Å². The number of anilines is 1. The molecule has 0 spiro atoms. The van der Waals surface area contributed by atoms with E-state index < -0.39 is 0 Å². The molecule has 0 heterocycles. The first kappa shape index (κ1) is 15.9. The van der Waals surface area contributed by atoms with Crippen LogP contribution < -0.4 is 11.1 Å². The standard InChI is InChI=1S/C14H22N2O2S/c1-8-5-9(2)12(15)6-11(8)14(18)16-10(3)13(7-17)19-4/h5-6,10,13,17H,7,15H2,1-4H3,(H,16,18). The van der Waals surface area contributed by atoms with E-state index in [-0.39, 0.29) is 23.8 Å². The van der Waals surface area contributed by atoms with Crippen molar-refractivity contribution in [1.82, 2.24) is 5.32 Å². The van der Waals surface area contributed by atoms with Crippen LogP contribution in [-0.2, 0) is 0 Å². The number of aliphatic hydroxyl groups is 1. The molecule has 106 valence electrons. The van der Waals surface area contributed by atoms with Crippen molar-refractivity contribution >= 4 is 23.4 Å². The molecule has 1 aromatic rings. The maximum absolute atomic E-state index is 12.2. The van der Waals surface area contributed by atoms with Crippen LogP contribution >= 0.6 is 11.8 Å². The third-order valence-corrected chi connectivity index (χ3v) is 4.42. The van der Waals surface area contributed by atoms with Crippen LogP contribution in [-0.4, -0.2) is 35.2 Å². The van der Waals surface area contributed by atoms with E-state index in [9.17, 15) is 9.90 Å². The third kappa shape index (κ3) is 3.88. The summed E-state index contributed by atoms with van der Waals surface area (Å²) in [7, 11) is 0. The molecular formula is C14H22N2O2S. The van der Waals surface area contributed by atoms with E-state index in [1.807, 2.05) is 33.1 Å². The molecule has 5 heteroatoms. The van der Waals surface area contributed by atoms with Crippen LogP contribution in [0.2, 0.25) is 0 Å². The van der Waals surface area contributed by atoms with Crippen molar-refractivity contribution in [2.75, 3.05) is 18.6 Å². The van der Waals surface area contributed by atoms with Gasteiger partial charge in [-0.05, 0) is 44.2 Å². The number of carbonyl (C=O) groups excluding carboxylic acids is 1. The molecule has 2 atom stereocenters. The van der Waals surface area contributed by atoms with E-state index in [4.69, 9.17) is 5.73 Å². The average Bonchev–Trinajstić information content (AvgIpc) is 2.35. The minimum atomic E-state index is -0.149. The predicted octanol–water partition coefficient (Wildman–Crippen LogP) is 1.73. The summed E-state index contributed by atoms with van der Waals surface area (Å²) in [5, 5.41) is 12.1. The lowest BCUT2D eigenvalue weighted by Gasteiger charge is -2.22. The Morgan fingerprint density at radius 3 is 2.58 bits per heavy atom. The molecule has 1 amide bonds. The molecule has 4 nitrogen and oxygen atoms in total. The Hall–Kier alpha value is -1.20. The molecule has 1 aromatic carbocycles. The minimum absolute atomic E-state index is 0.00736. The molecule has 0 aromatic heterocycles. The van der Waals surface area contributed by atoms with E-state index in [0.29, 0.717) is 11.3 Å². The lowest BCUT2D eigenvalue weighted by molar-refractivity contribution is 0.0935. The van der Waals surface area contributed by atoms with Crippen molar-refractivity contribution in [1.29, 1.82) is 0 Å². The Kier molecular flexibility index (Phi) is 5.69. The number of amides is 1. The lowest BCUT2D eigenvalue weighted by Crippen LogP contribution is -2.41. The van der Waals surface area contributed by atoms with Gasteiger partial charge in [0.15, 0.2) is 0 Å². The second-order valence-corrected chi connectivity index (χ2v) is 5.82. The first-order valence-electron chi connectivity index (χ1n) is 6.22. The topological polar surface area (TPSA) is 75.3 Å². The number of hydrogen-bond donors (Lipinski definition) is 3. The highest BCUT2D eigenvalue weighted by Gasteiger charge is 2.19. The van der Waals surface area contributed by atoms with Gasteiger partial charge < -0.3 is 16.2 Å². The maximum Gasteiger partial charge on any atom is 0.251 e. The second kappa shape index (κ2) is 6.82. The van der Waals surface area contributed by atoms with E-state index >= 15 is 0 Å². The SMILES string of the molecule is CSC(CO)C(C)NC(=O)c1cc(N)c(C)cc1C. The highest BCUT2D eigenvalue weighted by molar-refractivity contribution is 7.99.